The van der Waals surface area contributed by atoms with E-state index in [1.54, 1.807) is 67.7 Å². The zero-order valence-electron chi connectivity index (χ0n) is 31.7. The smallest absolute Gasteiger partial charge is 0.430 e. The highest BCUT2D eigenvalue weighted by atomic mass is 19.4. The second-order valence-corrected chi connectivity index (χ2v) is 14.4. The quantitative estimate of drug-likeness (QED) is 0.130. The van der Waals surface area contributed by atoms with Crippen molar-refractivity contribution >= 4 is 29.6 Å². The monoisotopic (exact) mass is 786 g/mol. The van der Waals surface area contributed by atoms with Crippen LogP contribution in [0.3, 0.4) is 0 Å². The number of urea groups is 1. The Bertz CT molecular complexity index is 1800. The minimum absolute atomic E-state index is 0.0765. The van der Waals surface area contributed by atoms with E-state index in [-0.39, 0.29) is 30.1 Å². The van der Waals surface area contributed by atoms with Crippen LogP contribution in [0.4, 0.5) is 23.7 Å². The Balaban J connectivity index is 0.000000908. The first kappa shape index (κ1) is 43.2. The molecule has 304 valence electrons. The van der Waals surface area contributed by atoms with Crippen molar-refractivity contribution < 1.29 is 61.3 Å². The number of piperidine rings is 1. The molecule has 1 heterocycles. The van der Waals surface area contributed by atoms with Gasteiger partial charge in [-0.05, 0) is 85.8 Å². The maximum atomic E-state index is 14.2. The number of aliphatic carboxylic acids is 1. The maximum Gasteiger partial charge on any atom is 0.430 e. The number of amides is 3. The summed E-state index contributed by atoms with van der Waals surface area (Å²) in [4.78, 5) is 50.4. The summed E-state index contributed by atoms with van der Waals surface area (Å²) >= 11 is 0. The number of nitrogens with two attached hydrogens (primary N) is 1. The van der Waals surface area contributed by atoms with Crippen LogP contribution in [-0.2, 0) is 27.3 Å². The number of methoxy groups -OCH3 is 2. The number of carbonyl (C=O) groups excluding carboxylic acids is 4. The van der Waals surface area contributed by atoms with Gasteiger partial charge in [-0.1, -0.05) is 31.4 Å². The number of carboxylic acids is 1. The number of alkyl halides is 3. The molecule has 3 aromatic carbocycles. The molecule has 1 unspecified atom stereocenters. The number of quaternary nitrogens is 1. The number of halogens is 3. The Morgan fingerprint density at radius 3 is 2.09 bits per heavy atom. The van der Waals surface area contributed by atoms with Gasteiger partial charge in [0.25, 0.3) is 0 Å². The summed E-state index contributed by atoms with van der Waals surface area (Å²) in [5.74, 6) is -2.08. The number of likely N-dealkylation sites (tertiary alicyclic amines) is 1. The molecule has 0 aromatic heterocycles. The van der Waals surface area contributed by atoms with Crippen LogP contribution in [0, 0.1) is 5.92 Å². The highest BCUT2D eigenvalue weighted by molar-refractivity contribution is 5.94. The number of nitrogens with zero attached hydrogens (tertiary/aromatic N) is 2. The number of ether oxygens (including phenoxy) is 3. The second kappa shape index (κ2) is 19.4. The molecule has 3 atom stereocenters. The van der Waals surface area contributed by atoms with Gasteiger partial charge in [-0.15, -0.1) is 0 Å². The minimum atomic E-state index is -5.19. The molecule has 1 aliphatic heterocycles. The molecule has 0 bridgehead atoms. The Morgan fingerprint density at radius 2 is 1.52 bits per heavy atom. The van der Waals surface area contributed by atoms with Crippen LogP contribution in [0.5, 0.6) is 23.0 Å². The Kier molecular flexibility index (Phi) is 15.0. The topological polar surface area (TPSA) is 181 Å². The zero-order chi connectivity index (χ0) is 41.0. The number of phenolic OH excluding ortho intramolecular Hbond substituents is 1. The lowest BCUT2D eigenvalue weighted by Crippen LogP contribution is -2.62. The maximum absolute atomic E-state index is 14.2. The average Bonchev–Trinajstić information content (AvgIpc) is 3.16. The highest BCUT2D eigenvalue weighted by Gasteiger charge is 2.41. The summed E-state index contributed by atoms with van der Waals surface area (Å²) in [6.07, 6.45) is 1.45. The van der Waals surface area contributed by atoms with Crippen molar-refractivity contribution in [2.45, 2.75) is 76.2 Å². The van der Waals surface area contributed by atoms with Crippen molar-refractivity contribution in [3.8, 4) is 23.0 Å². The van der Waals surface area contributed by atoms with Crippen molar-refractivity contribution in [1.82, 2.24) is 4.90 Å². The normalized spacial score (nSPS) is 19.0. The third-order valence-electron chi connectivity index (χ3n) is 10.1. The number of esters is 1. The lowest BCUT2D eigenvalue weighted by atomic mass is 9.89. The van der Waals surface area contributed by atoms with Gasteiger partial charge < -0.3 is 49.7 Å². The molecular formula is C40H49F3N4O9. The summed E-state index contributed by atoms with van der Waals surface area (Å²) in [7, 11) is 5.38. The van der Waals surface area contributed by atoms with Gasteiger partial charge in [-0.2, -0.15) is 13.2 Å². The number of nitrogens with one attached hydrogen (secondary N) is 1. The van der Waals surface area contributed by atoms with Crippen molar-refractivity contribution in [2.75, 3.05) is 39.7 Å². The molecule has 2 fully saturated rings. The first-order valence-corrected chi connectivity index (χ1v) is 18.3. The van der Waals surface area contributed by atoms with E-state index < -0.39 is 30.1 Å². The molecule has 5 rings (SSSR count). The standard InChI is InChI=1S/C38H48N4O7.C2HF3O2/c1-42(24-27-13-20-34(47-2)35(23-27)48-3)21-7-10-30(25-42)41(33(36(39)44)22-26-11-16-31(43)17-12-26)38(46)40-29-14-18-32(19-15-29)49-37(45)28-8-5-4-6-9-28;3-2(4,5)1(6)7/h11-20,23,28,30,33H,4-10,21-22,24-25H2,1-3H3,(H3-,39,40,43,44,46);(H,6,7)/t30-,33-,42?;/m0./s1. The van der Waals surface area contributed by atoms with Crippen molar-refractivity contribution in [3.63, 3.8) is 0 Å². The molecule has 1 saturated heterocycles. The zero-order valence-corrected chi connectivity index (χ0v) is 31.7. The van der Waals surface area contributed by atoms with E-state index in [4.69, 9.17) is 29.8 Å². The van der Waals surface area contributed by atoms with Crippen LogP contribution in [0.25, 0.3) is 0 Å². The molecule has 13 nitrogen and oxygen atoms in total. The molecule has 1 saturated carbocycles. The predicted octanol–water partition coefficient (Wildman–Crippen LogP) is 4.93. The van der Waals surface area contributed by atoms with Gasteiger partial charge in [-0.25, -0.2) is 4.79 Å². The molecule has 0 spiro atoms. The van der Waals surface area contributed by atoms with Crippen LogP contribution < -0.4 is 30.4 Å². The number of rotatable bonds is 12. The number of primary amides is 1. The van der Waals surface area contributed by atoms with Gasteiger partial charge in [0.2, 0.25) is 5.91 Å². The molecular weight excluding hydrogens is 737 g/mol. The van der Waals surface area contributed by atoms with Gasteiger partial charge in [0, 0.05) is 17.7 Å². The van der Waals surface area contributed by atoms with Gasteiger partial charge in [0.05, 0.1) is 46.3 Å². The molecule has 2 aliphatic rings. The number of carboxylic acid groups (broad SMARTS) is 1. The number of hydrogen-bond acceptors (Lipinski definition) is 9. The van der Waals surface area contributed by atoms with Crippen LogP contribution >= 0.6 is 0 Å². The van der Waals surface area contributed by atoms with E-state index in [1.165, 1.54) is 0 Å². The molecule has 4 N–H and O–H groups in total. The molecule has 56 heavy (non-hydrogen) atoms. The van der Waals surface area contributed by atoms with Crippen LogP contribution in [0.2, 0.25) is 0 Å². The second-order valence-electron chi connectivity index (χ2n) is 14.4. The third-order valence-corrected chi connectivity index (χ3v) is 10.1. The fourth-order valence-electron chi connectivity index (χ4n) is 7.28. The van der Waals surface area contributed by atoms with Crippen molar-refractivity contribution in [2.24, 2.45) is 11.7 Å². The van der Waals surface area contributed by atoms with E-state index in [2.05, 4.69) is 12.4 Å². The number of anilines is 1. The largest absolute Gasteiger partial charge is 0.542 e. The van der Waals surface area contributed by atoms with Gasteiger partial charge in [0.1, 0.15) is 30.1 Å². The molecule has 16 heteroatoms. The summed E-state index contributed by atoms with van der Waals surface area (Å²) in [6, 6.07) is 17.5. The number of hydrogen-bond donors (Lipinski definition) is 3. The van der Waals surface area contributed by atoms with Crippen LogP contribution in [0.1, 0.15) is 56.1 Å². The number of carbonyl (C=O) groups is 4. The summed E-state index contributed by atoms with van der Waals surface area (Å²) in [6.45, 7) is 2.17. The van der Waals surface area contributed by atoms with Gasteiger partial charge >= 0.3 is 18.2 Å². The lowest BCUT2D eigenvalue weighted by Gasteiger charge is -2.46. The molecule has 0 radical (unpaired) electrons. The highest BCUT2D eigenvalue weighted by Crippen LogP contribution is 2.32. The SMILES string of the molecule is COc1ccc(C[N+]2(C)CCC[C@H](N(C(=O)Nc3ccc(OC(=O)C4CCCCC4)cc3)[C@@H](Cc3ccc(O)cc3)C(N)=O)C2)cc1OC.O=C([O-])C(F)(F)F. The predicted molar refractivity (Wildman–Crippen MR) is 198 cm³/mol. The van der Waals surface area contributed by atoms with E-state index >= 15 is 0 Å². The molecule has 3 aromatic rings. The Hall–Kier alpha value is -5.51. The first-order valence-electron chi connectivity index (χ1n) is 18.3. The molecule has 3 amide bonds. The average molecular weight is 787 g/mol. The first-order chi connectivity index (χ1) is 26.5. The number of phenols is 1. The molecule has 1 aliphatic carbocycles. The van der Waals surface area contributed by atoms with Crippen LogP contribution in [0.15, 0.2) is 66.7 Å². The number of aromatic hydroxyl groups is 1. The lowest BCUT2D eigenvalue weighted by molar-refractivity contribution is -0.928. The van der Waals surface area contributed by atoms with E-state index in [1.807, 2.05) is 18.2 Å². The fraction of sp³-hybridized carbons (Fsp3) is 0.450. The fourth-order valence-corrected chi connectivity index (χ4v) is 7.28. The summed E-state index contributed by atoms with van der Waals surface area (Å²) < 4.78 is 48.8. The summed E-state index contributed by atoms with van der Waals surface area (Å²) in [5, 5.41) is 21.6. The van der Waals surface area contributed by atoms with Gasteiger partial charge in [0.15, 0.2) is 11.5 Å². The van der Waals surface area contributed by atoms with Crippen molar-refractivity contribution in [1.29, 1.82) is 0 Å². The Labute approximate surface area is 323 Å². The van der Waals surface area contributed by atoms with E-state index in [9.17, 15) is 32.7 Å². The number of likely N-dealkylation sites (N-methyl/N-ethyl adjacent to an activating group) is 1. The summed E-state index contributed by atoms with van der Waals surface area (Å²) in [5.41, 5.74) is 8.37. The van der Waals surface area contributed by atoms with Crippen LogP contribution in [-0.4, -0.2) is 91.0 Å². The van der Waals surface area contributed by atoms with E-state index in [0.29, 0.717) is 46.9 Å². The third kappa shape index (κ3) is 12.2. The van der Waals surface area contributed by atoms with Gasteiger partial charge in [-0.3, -0.25) is 9.59 Å². The van der Waals surface area contributed by atoms with E-state index in [0.717, 1.165) is 56.2 Å². The minimum Gasteiger partial charge on any atom is -0.542 e. The van der Waals surface area contributed by atoms with Crippen molar-refractivity contribution in [3.05, 3.63) is 77.9 Å². The number of benzene rings is 3. The Morgan fingerprint density at radius 1 is 0.911 bits per heavy atom.